The first-order chi connectivity index (χ1) is 8.04. The molecule has 0 radical (unpaired) electrons. The molecule has 0 spiro atoms. The molecule has 4 nitrogen and oxygen atoms in total. The van der Waals surface area contributed by atoms with E-state index in [4.69, 9.17) is 5.11 Å². The molecule has 1 heterocycles. The van der Waals surface area contributed by atoms with Crippen LogP contribution in [0.25, 0.3) is 0 Å². The van der Waals surface area contributed by atoms with E-state index in [1.54, 1.807) is 11.8 Å². The first-order valence-corrected chi connectivity index (χ1v) is 6.49. The van der Waals surface area contributed by atoms with Crippen LogP contribution in [0.1, 0.15) is 23.7 Å². The molecule has 1 atom stereocenters. The number of nitrogens with zero attached hydrogens (tertiary/aromatic N) is 1. The summed E-state index contributed by atoms with van der Waals surface area (Å²) in [6.45, 7) is 2.70. The summed E-state index contributed by atoms with van der Waals surface area (Å²) in [4.78, 5) is 14.6. The fraction of sp³-hybridized carbons (Fsp3) is 0.455. The van der Waals surface area contributed by atoms with Crippen LogP contribution >= 0.6 is 11.8 Å². The average molecular weight is 258 g/mol. The van der Waals surface area contributed by atoms with Crippen LogP contribution in [0.3, 0.4) is 0 Å². The van der Waals surface area contributed by atoms with Crippen LogP contribution in [0.15, 0.2) is 12.3 Å². The maximum absolute atomic E-state index is 12.9. The summed E-state index contributed by atoms with van der Waals surface area (Å²) in [7, 11) is 0. The van der Waals surface area contributed by atoms with Crippen LogP contribution in [0, 0.1) is 5.82 Å². The molecule has 0 saturated heterocycles. The van der Waals surface area contributed by atoms with Gasteiger partial charge >= 0.3 is 5.97 Å². The number of aromatic carboxylic acids is 1. The summed E-state index contributed by atoms with van der Waals surface area (Å²) in [5.41, 5.74) is -0.137. The van der Waals surface area contributed by atoms with Crippen molar-refractivity contribution in [1.82, 2.24) is 4.98 Å². The third kappa shape index (κ3) is 4.22. The van der Waals surface area contributed by atoms with Gasteiger partial charge in [-0.15, -0.1) is 0 Å². The molecule has 0 amide bonds. The number of nitrogens with one attached hydrogen (secondary N) is 1. The second-order valence-corrected chi connectivity index (χ2v) is 4.89. The van der Waals surface area contributed by atoms with Crippen LogP contribution in [-0.4, -0.2) is 34.1 Å². The van der Waals surface area contributed by atoms with E-state index in [-0.39, 0.29) is 11.4 Å². The molecule has 1 unspecified atom stereocenters. The smallest absolute Gasteiger partial charge is 0.339 e. The van der Waals surface area contributed by atoms with E-state index in [9.17, 15) is 9.18 Å². The molecular weight excluding hydrogens is 243 g/mol. The lowest BCUT2D eigenvalue weighted by molar-refractivity contribution is 0.0697. The minimum atomic E-state index is -1.18. The fourth-order valence-electron chi connectivity index (χ4n) is 1.25. The van der Waals surface area contributed by atoms with Crippen LogP contribution in [0.5, 0.6) is 0 Å². The summed E-state index contributed by atoms with van der Waals surface area (Å²) in [5, 5.41) is 12.3. The molecular formula is C11H15FN2O2S. The highest BCUT2D eigenvalue weighted by Gasteiger charge is 2.12. The van der Waals surface area contributed by atoms with Gasteiger partial charge in [0.2, 0.25) is 0 Å². The first kappa shape index (κ1) is 13.8. The molecule has 0 bridgehead atoms. The Labute approximate surface area is 104 Å². The van der Waals surface area contributed by atoms with E-state index in [0.717, 1.165) is 18.7 Å². The van der Waals surface area contributed by atoms with Crippen molar-refractivity contribution in [3.63, 3.8) is 0 Å². The van der Waals surface area contributed by atoms with Crippen molar-refractivity contribution in [3.05, 3.63) is 23.6 Å². The quantitative estimate of drug-likeness (QED) is 0.820. The van der Waals surface area contributed by atoms with Crippen LogP contribution in [0.4, 0.5) is 10.2 Å². The zero-order valence-electron chi connectivity index (χ0n) is 9.74. The number of rotatable bonds is 6. The number of hydrogen-bond acceptors (Lipinski definition) is 4. The van der Waals surface area contributed by atoms with Gasteiger partial charge in [-0.2, -0.15) is 11.8 Å². The van der Waals surface area contributed by atoms with Gasteiger partial charge in [-0.1, -0.05) is 6.92 Å². The van der Waals surface area contributed by atoms with Gasteiger partial charge in [-0.05, 0) is 18.7 Å². The Bertz CT molecular complexity index is 401. The molecule has 1 aromatic heterocycles. The Balaban J connectivity index is 2.67. The van der Waals surface area contributed by atoms with Gasteiger partial charge < -0.3 is 10.4 Å². The number of pyridine rings is 1. The van der Waals surface area contributed by atoms with Crippen molar-refractivity contribution in [1.29, 1.82) is 0 Å². The fourth-order valence-corrected chi connectivity index (χ4v) is 1.61. The summed E-state index contributed by atoms with van der Waals surface area (Å²) in [6, 6.07) is 0.968. The molecule has 2 N–H and O–H groups in total. The number of carbonyl (C=O) groups is 1. The molecule has 0 aliphatic carbocycles. The lowest BCUT2D eigenvalue weighted by Crippen LogP contribution is -2.12. The summed E-state index contributed by atoms with van der Waals surface area (Å²) >= 11 is 1.74. The van der Waals surface area contributed by atoms with E-state index in [1.165, 1.54) is 0 Å². The van der Waals surface area contributed by atoms with Gasteiger partial charge in [-0.25, -0.2) is 14.2 Å². The first-order valence-electron chi connectivity index (χ1n) is 5.20. The summed E-state index contributed by atoms with van der Waals surface area (Å²) in [5.74, 6) is -1.62. The molecule has 6 heteroatoms. The minimum Gasteiger partial charge on any atom is -0.478 e. The predicted octanol–water partition coefficient (Wildman–Crippen LogP) is 2.47. The van der Waals surface area contributed by atoms with Crippen LogP contribution < -0.4 is 5.32 Å². The van der Waals surface area contributed by atoms with Crippen molar-refractivity contribution in [2.45, 2.75) is 18.6 Å². The van der Waals surface area contributed by atoms with Crippen molar-refractivity contribution in [2.24, 2.45) is 0 Å². The SMILES string of the molecule is CSC(C)CCNc1ncc(F)cc1C(=O)O. The van der Waals surface area contributed by atoms with Crippen LogP contribution in [0.2, 0.25) is 0 Å². The molecule has 94 valence electrons. The van der Waals surface area contributed by atoms with Crippen molar-refractivity contribution >= 4 is 23.5 Å². The Morgan fingerprint density at radius 1 is 1.71 bits per heavy atom. The standard InChI is InChI=1S/C11H15FN2O2S/c1-7(17-2)3-4-13-10-9(11(15)16)5-8(12)6-14-10/h5-7H,3-4H2,1-2H3,(H,13,14)(H,15,16). The minimum absolute atomic E-state index is 0.137. The number of hydrogen-bond donors (Lipinski definition) is 2. The van der Waals surface area contributed by atoms with E-state index < -0.39 is 11.8 Å². The number of anilines is 1. The Hall–Kier alpha value is -1.30. The van der Waals surface area contributed by atoms with E-state index in [2.05, 4.69) is 17.2 Å². The topological polar surface area (TPSA) is 62.2 Å². The zero-order valence-corrected chi connectivity index (χ0v) is 10.6. The number of carboxylic acids is 1. The lowest BCUT2D eigenvalue weighted by Gasteiger charge is -2.11. The van der Waals surface area contributed by atoms with Gasteiger partial charge in [0.05, 0.1) is 6.20 Å². The molecule has 0 saturated carbocycles. The summed E-state index contributed by atoms with van der Waals surface area (Å²) < 4.78 is 12.9. The maximum Gasteiger partial charge on any atom is 0.339 e. The van der Waals surface area contributed by atoms with Gasteiger partial charge in [0.15, 0.2) is 0 Å². The van der Waals surface area contributed by atoms with Gasteiger partial charge in [-0.3, -0.25) is 0 Å². The van der Waals surface area contributed by atoms with Gasteiger partial charge in [0.25, 0.3) is 0 Å². The van der Waals surface area contributed by atoms with E-state index >= 15 is 0 Å². The van der Waals surface area contributed by atoms with Crippen molar-refractivity contribution in [3.8, 4) is 0 Å². The molecule has 0 aromatic carbocycles. The largest absolute Gasteiger partial charge is 0.478 e. The third-order valence-electron chi connectivity index (χ3n) is 2.33. The number of halogens is 1. The van der Waals surface area contributed by atoms with Crippen molar-refractivity contribution in [2.75, 3.05) is 18.1 Å². The Morgan fingerprint density at radius 3 is 3.00 bits per heavy atom. The molecule has 0 aliphatic rings. The van der Waals surface area contributed by atoms with Gasteiger partial charge in [0.1, 0.15) is 17.2 Å². The Morgan fingerprint density at radius 2 is 2.41 bits per heavy atom. The monoisotopic (exact) mass is 258 g/mol. The second-order valence-electron chi connectivity index (χ2n) is 3.62. The zero-order chi connectivity index (χ0) is 12.8. The highest BCUT2D eigenvalue weighted by molar-refractivity contribution is 7.99. The molecule has 17 heavy (non-hydrogen) atoms. The molecule has 0 fully saturated rings. The van der Waals surface area contributed by atoms with Crippen molar-refractivity contribution < 1.29 is 14.3 Å². The third-order valence-corrected chi connectivity index (χ3v) is 3.37. The Kier molecular flexibility index (Phi) is 5.21. The molecule has 0 aliphatic heterocycles. The number of aromatic nitrogens is 1. The van der Waals surface area contributed by atoms with E-state index in [0.29, 0.717) is 11.8 Å². The lowest BCUT2D eigenvalue weighted by atomic mass is 10.2. The maximum atomic E-state index is 12.9. The molecule has 1 rings (SSSR count). The normalized spacial score (nSPS) is 12.2. The number of thioether (sulfide) groups is 1. The van der Waals surface area contributed by atoms with Crippen LogP contribution in [-0.2, 0) is 0 Å². The average Bonchev–Trinajstić information content (AvgIpc) is 2.30. The second kappa shape index (κ2) is 6.44. The van der Waals surface area contributed by atoms with Gasteiger partial charge in [0, 0.05) is 11.8 Å². The molecule has 1 aromatic rings. The predicted molar refractivity (Wildman–Crippen MR) is 67.2 cm³/mol. The van der Waals surface area contributed by atoms with E-state index in [1.807, 2.05) is 6.26 Å². The number of carboxylic acid groups (broad SMARTS) is 1. The highest BCUT2D eigenvalue weighted by Crippen LogP contribution is 2.15. The highest BCUT2D eigenvalue weighted by atomic mass is 32.2. The summed E-state index contributed by atoms with van der Waals surface area (Å²) in [6.07, 6.45) is 3.91.